The standard InChI is InChI=1S/C11H13NO2S/c1-14-8-4-2-6-12-10(8)11(13)9-5-3-7-15-9/h2,4,6,9H,3,5,7H2,1H3. The van der Waals surface area contributed by atoms with E-state index in [9.17, 15) is 4.79 Å². The van der Waals surface area contributed by atoms with E-state index in [4.69, 9.17) is 4.74 Å². The predicted octanol–water partition coefficient (Wildman–Crippen LogP) is 2.17. The highest BCUT2D eigenvalue weighted by Gasteiger charge is 2.27. The van der Waals surface area contributed by atoms with Gasteiger partial charge in [0.05, 0.1) is 12.4 Å². The van der Waals surface area contributed by atoms with Crippen molar-refractivity contribution >= 4 is 17.5 Å². The Labute approximate surface area is 93.2 Å². The molecule has 2 heterocycles. The van der Waals surface area contributed by atoms with Crippen molar-refractivity contribution in [1.82, 2.24) is 4.98 Å². The Morgan fingerprint density at radius 2 is 2.53 bits per heavy atom. The Hall–Kier alpha value is -1.03. The number of aromatic nitrogens is 1. The number of ketones is 1. The van der Waals surface area contributed by atoms with E-state index in [0.717, 1.165) is 18.6 Å². The number of pyridine rings is 1. The Bertz CT molecular complexity index is 361. The first kappa shape index (κ1) is 10.5. The van der Waals surface area contributed by atoms with Gasteiger partial charge in [-0.2, -0.15) is 11.8 Å². The molecule has 80 valence electrons. The number of nitrogens with zero attached hydrogens (tertiary/aromatic N) is 1. The molecule has 1 atom stereocenters. The average molecular weight is 223 g/mol. The largest absolute Gasteiger partial charge is 0.494 e. The van der Waals surface area contributed by atoms with Gasteiger partial charge in [0, 0.05) is 6.20 Å². The Kier molecular flexibility index (Phi) is 3.26. The first-order valence-electron chi connectivity index (χ1n) is 4.97. The summed E-state index contributed by atoms with van der Waals surface area (Å²) in [5, 5.41) is 0.0776. The smallest absolute Gasteiger partial charge is 0.197 e. The van der Waals surface area contributed by atoms with Crippen LogP contribution in [-0.2, 0) is 0 Å². The van der Waals surface area contributed by atoms with E-state index >= 15 is 0 Å². The van der Waals surface area contributed by atoms with Gasteiger partial charge in [0.2, 0.25) is 0 Å². The first-order chi connectivity index (χ1) is 7.33. The molecule has 0 aliphatic carbocycles. The maximum absolute atomic E-state index is 12.1. The number of hydrogen-bond donors (Lipinski definition) is 0. The van der Waals surface area contributed by atoms with Gasteiger partial charge in [-0.05, 0) is 30.7 Å². The highest BCUT2D eigenvalue weighted by molar-refractivity contribution is 8.00. The summed E-state index contributed by atoms with van der Waals surface area (Å²) in [5.74, 6) is 1.76. The lowest BCUT2D eigenvalue weighted by molar-refractivity contribution is 0.0980. The van der Waals surface area contributed by atoms with Crippen LogP contribution in [0.2, 0.25) is 0 Å². The molecular weight excluding hydrogens is 210 g/mol. The van der Waals surface area contributed by atoms with Crippen LogP contribution in [0.4, 0.5) is 0 Å². The molecule has 1 aromatic rings. The number of ether oxygens (including phenoxy) is 1. The summed E-state index contributed by atoms with van der Waals surface area (Å²) in [4.78, 5) is 16.2. The molecule has 0 aromatic carbocycles. The third-order valence-electron chi connectivity index (χ3n) is 2.45. The predicted molar refractivity (Wildman–Crippen MR) is 60.6 cm³/mol. The summed E-state index contributed by atoms with van der Waals surface area (Å²) in [6, 6.07) is 3.55. The summed E-state index contributed by atoms with van der Waals surface area (Å²) in [6.45, 7) is 0. The van der Waals surface area contributed by atoms with Crippen LogP contribution in [0.25, 0.3) is 0 Å². The molecule has 2 rings (SSSR count). The fourth-order valence-corrected chi connectivity index (χ4v) is 2.89. The molecule has 0 spiro atoms. The van der Waals surface area contributed by atoms with Crippen molar-refractivity contribution in [3.05, 3.63) is 24.0 Å². The number of carbonyl (C=O) groups is 1. The van der Waals surface area contributed by atoms with Crippen LogP contribution in [0.1, 0.15) is 23.3 Å². The molecule has 1 fully saturated rings. The van der Waals surface area contributed by atoms with Gasteiger partial charge in [-0.25, -0.2) is 4.98 Å². The van der Waals surface area contributed by atoms with Gasteiger partial charge in [0.25, 0.3) is 0 Å². The van der Waals surface area contributed by atoms with Gasteiger partial charge >= 0.3 is 0 Å². The van der Waals surface area contributed by atoms with Gasteiger partial charge < -0.3 is 4.74 Å². The number of Topliss-reactive ketones (excluding diaryl/α,β-unsaturated/α-hetero) is 1. The molecule has 15 heavy (non-hydrogen) atoms. The van der Waals surface area contributed by atoms with E-state index in [1.807, 2.05) is 0 Å². The molecule has 4 heteroatoms. The van der Waals surface area contributed by atoms with Crippen LogP contribution in [0, 0.1) is 0 Å². The average Bonchev–Trinajstić information content (AvgIpc) is 2.81. The molecule has 0 bridgehead atoms. The van der Waals surface area contributed by atoms with Gasteiger partial charge in [-0.1, -0.05) is 0 Å². The molecule has 0 saturated carbocycles. The molecule has 1 unspecified atom stereocenters. The van der Waals surface area contributed by atoms with Gasteiger partial charge in [0.15, 0.2) is 5.78 Å². The van der Waals surface area contributed by atoms with Crippen LogP contribution < -0.4 is 4.74 Å². The van der Waals surface area contributed by atoms with Crippen molar-refractivity contribution < 1.29 is 9.53 Å². The van der Waals surface area contributed by atoms with Crippen molar-refractivity contribution in [1.29, 1.82) is 0 Å². The van der Waals surface area contributed by atoms with E-state index in [0.29, 0.717) is 11.4 Å². The van der Waals surface area contributed by atoms with Crippen LogP contribution in [-0.4, -0.2) is 28.9 Å². The maximum atomic E-state index is 12.1. The number of methoxy groups -OCH3 is 1. The minimum atomic E-state index is 0.0776. The lowest BCUT2D eigenvalue weighted by Gasteiger charge is -2.09. The van der Waals surface area contributed by atoms with Crippen molar-refractivity contribution in [3.63, 3.8) is 0 Å². The number of thioether (sulfide) groups is 1. The zero-order chi connectivity index (χ0) is 10.7. The fourth-order valence-electron chi connectivity index (χ4n) is 1.68. The van der Waals surface area contributed by atoms with Crippen LogP contribution in [0.3, 0.4) is 0 Å². The summed E-state index contributed by atoms with van der Waals surface area (Å²) >= 11 is 1.72. The Morgan fingerprint density at radius 1 is 1.67 bits per heavy atom. The minimum Gasteiger partial charge on any atom is -0.494 e. The van der Waals surface area contributed by atoms with E-state index in [1.165, 1.54) is 0 Å². The zero-order valence-electron chi connectivity index (χ0n) is 8.60. The Morgan fingerprint density at radius 3 is 3.20 bits per heavy atom. The second kappa shape index (κ2) is 4.66. The molecular formula is C11H13NO2S. The monoisotopic (exact) mass is 223 g/mol. The number of hydrogen-bond acceptors (Lipinski definition) is 4. The van der Waals surface area contributed by atoms with Gasteiger partial charge in [-0.3, -0.25) is 4.79 Å². The van der Waals surface area contributed by atoms with Crippen LogP contribution in [0.15, 0.2) is 18.3 Å². The third-order valence-corrected chi connectivity index (χ3v) is 3.82. The van der Waals surface area contributed by atoms with Crippen molar-refractivity contribution in [2.75, 3.05) is 12.9 Å². The molecule has 0 N–H and O–H groups in total. The van der Waals surface area contributed by atoms with Gasteiger partial charge in [-0.15, -0.1) is 0 Å². The lowest BCUT2D eigenvalue weighted by atomic mass is 10.1. The van der Waals surface area contributed by atoms with E-state index in [-0.39, 0.29) is 11.0 Å². The second-order valence-electron chi connectivity index (χ2n) is 3.42. The maximum Gasteiger partial charge on any atom is 0.197 e. The highest BCUT2D eigenvalue weighted by atomic mass is 32.2. The highest BCUT2D eigenvalue weighted by Crippen LogP contribution is 2.30. The lowest BCUT2D eigenvalue weighted by Crippen LogP contribution is -2.16. The van der Waals surface area contributed by atoms with E-state index < -0.39 is 0 Å². The first-order valence-corrected chi connectivity index (χ1v) is 6.02. The molecule has 1 aliphatic heterocycles. The van der Waals surface area contributed by atoms with E-state index in [2.05, 4.69) is 4.98 Å². The normalized spacial score (nSPS) is 20.2. The summed E-state index contributed by atoms with van der Waals surface area (Å²) < 4.78 is 5.13. The van der Waals surface area contributed by atoms with E-state index in [1.54, 1.807) is 37.2 Å². The quantitative estimate of drug-likeness (QED) is 0.736. The van der Waals surface area contributed by atoms with Crippen molar-refractivity contribution in [2.45, 2.75) is 18.1 Å². The molecule has 1 aromatic heterocycles. The number of carbonyl (C=O) groups excluding carboxylic acids is 1. The summed E-state index contributed by atoms with van der Waals surface area (Å²) in [6.07, 6.45) is 3.72. The van der Waals surface area contributed by atoms with Crippen molar-refractivity contribution in [2.24, 2.45) is 0 Å². The summed E-state index contributed by atoms with van der Waals surface area (Å²) in [7, 11) is 1.57. The SMILES string of the molecule is COc1cccnc1C(=O)C1CCCS1. The summed E-state index contributed by atoms with van der Waals surface area (Å²) in [5.41, 5.74) is 0.472. The Balaban J connectivity index is 2.24. The van der Waals surface area contributed by atoms with Crippen LogP contribution >= 0.6 is 11.8 Å². The third kappa shape index (κ3) is 2.15. The zero-order valence-corrected chi connectivity index (χ0v) is 9.42. The molecule has 1 saturated heterocycles. The molecule has 1 aliphatic rings. The second-order valence-corrected chi connectivity index (χ2v) is 4.73. The topological polar surface area (TPSA) is 39.2 Å². The van der Waals surface area contributed by atoms with Gasteiger partial charge in [0.1, 0.15) is 11.4 Å². The minimum absolute atomic E-state index is 0.0776. The number of rotatable bonds is 3. The molecule has 3 nitrogen and oxygen atoms in total. The van der Waals surface area contributed by atoms with Crippen LogP contribution in [0.5, 0.6) is 5.75 Å². The molecule has 0 radical (unpaired) electrons. The fraction of sp³-hybridized carbons (Fsp3) is 0.455. The van der Waals surface area contributed by atoms with Crippen molar-refractivity contribution in [3.8, 4) is 5.75 Å². The molecule has 0 amide bonds.